The number of carbonyl (C=O) groups is 2. The molecule has 0 spiro atoms. The van der Waals surface area contributed by atoms with Crippen LogP contribution < -0.4 is 11.1 Å². The zero-order valence-corrected chi connectivity index (χ0v) is 13.2. The number of ether oxygens (including phenoxy) is 1. The van der Waals surface area contributed by atoms with Gasteiger partial charge in [-0.2, -0.15) is 0 Å². The predicted molar refractivity (Wildman–Crippen MR) is 78.9 cm³/mol. The molecule has 0 saturated heterocycles. The number of esters is 1. The van der Waals surface area contributed by atoms with Crippen molar-refractivity contribution in [1.82, 2.24) is 10.2 Å². The smallest absolute Gasteiger partial charge is 0.312 e. The first-order valence-corrected chi connectivity index (χ1v) is 6.80. The van der Waals surface area contributed by atoms with Crippen LogP contribution in [-0.2, 0) is 20.7 Å². The van der Waals surface area contributed by atoms with Crippen LogP contribution in [0.5, 0.6) is 0 Å². The summed E-state index contributed by atoms with van der Waals surface area (Å²) in [5.41, 5.74) is 5.71. The summed E-state index contributed by atoms with van der Waals surface area (Å²) in [6, 6.07) is -0.600. The summed E-state index contributed by atoms with van der Waals surface area (Å²) >= 11 is 1.13. The molecule has 0 bridgehead atoms. The maximum atomic E-state index is 11.7. The number of hydrogen-bond acceptors (Lipinski definition) is 7. The number of hydrogen-bond donors (Lipinski definition) is 2. The zero-order chi connectivity index (χ0) is 14.4. The largest absolute Gasteiger partial charge is 0.466 e. The lowest BCUT2D eigenvalue weighted by molar-refractivity contribution is -0.142. The standard InChI is InChI=1S/C11H18N4O3S.ClH/c1-4-18-8(16)5-7-14-15-11(19-7)13-10(17)9(12)6(2)3;/h6,9H,4-5,12H2,1-3H3,(H,13,15,17);1H/t9-;/m0./s1. The Labute approximate surface area is 127 Å². The van der Waals surface area contributed by atoms with Crippen molar-refractivity contribution in [3.05, 3.63) is 5.01 Å². The fraction of sp³-hybridized carbons (Fsp3) is 0.636. The van der Waals surface area contributed by atoms with Crippen molar-refractivity contribution >= 4 is 40.8 Å². The van der Waals surface area contributed by atoms with E-state index in [0.717, 1.165) is 11.3 Å². The summed E-state index contributed by atoms with van der Waals surface area (Å²) in [5, 5.41) is 11.0. The maximum Gasteiger partial charge on any atom is 0.312 e. The van der Waals surface area contributed by atoms with Crippen LogP contribution in [-0.4, -0.2) is 34.7 Å². The van der Waals surface area contributed by atoms with Crippen molar-refractivity contribution in [2.75, 3.05) is 11.9 Å². The lowest BCUT2D eigenvalue weighted by Gasteiger charge is -2.13. The molecular formula is C11H19ClN4O3S. The van der Waals surface area contributed by atoms with Gasteiger partial charge in [0.05, 0.1) is 19.1 Å². The summed E-state index contributed by atoms with van der Waals surface area (Å²) in [5.74, 6) is -0.642. The lowest BCUT2D eigenvalue weighted by Crippen LogP contribution is -2.39. The lowest BCUT2D eigenvalue weighted by atomic mass is 10.1. The van der Waals surface area contributed by atoms with Crippen LogP contribution in [0.15, 0.2) is 0 Å². The Kier molecular flexibility index (Phi) is 8.28. The fourth-order valence-corrected chi connectivity index (χ4v) is 1.93. The molecule has 1 aromatic rings. The molecule has 1 atom stereocenters. The zero-order valence-electron chi connectivity index (χ0n) is 11.6. The minimum absolute atomic E-state index is 0. The molecule has 0 aliphatic heterocycles. The highest BCUT2D eigenvalue weighted by atomic mass is 35.5. The topological polar surface area (TPSA) is 107 Å². The molecule has 0 fully saturated rings. The van der Waals surface area contributed by atoms with Crippen molar-refractivity contribution in [3.63, 3.8) is 0 Å². The SMILES string of the molecule is CCOC(=O)Cc1nnc(NC(=O)[C@@H](N)C(C)C)s1.Cl. The van der Waals surface area contributed by atoms with Crippen molar-refractivity contribution in [2.24, 2.45) is 11.7 Å². The number of rotatable bonds is 6. The molecule has 0 unspecified atom stereocenters. The van der Waals surface area contributed by atoms with Gasteiger partial charge in [-0.05, 0) is 12.8 Å². The van der Waals surface area contributed by atoms with Crippen LogP contribution in [0.25, 0.3) is 0 Å². The van der Waals surface area contributed by atoms with Crippen LogP contribution in [0.3, 0.4) is 0 Å². The van der Waals surface area contributed by atoms with Crippen molar-refractivity contribution in [3.8, 4) is 0 Å². The van der Waals surface area contributed by atoms with E-state index in [2.05, 4.69) is 15.5 Å². The Morgan fingerprint density at radius 1 is 1.40 bits per heavy atom. The Hall–Kier alpha value is -1.25. The van der Waals surface area contributed by atoms with Crippen molar-refractivity contribution in [2.45, 2.75) is 33.2 Å². The molecular weight excluding hydrogens is 304 g/mol. The number of nitrogens with one attached hydrogen (secondary N) is 1. The molecule has 7 nitrogen and oxygen atoms in total. The first-order valence-electron chi connectivity index (χ1n) is 5.98. The fourth-order valence-electron chi connectivity index (χ4n) is 1.20. The predicted octanol–water partition coefficient (Wildman–Crippen LogP) is 0.987. The molecule has 1 amide bonds. The Bertz CT molecular complexity index is 453. The minimum Gasteiger partial charge on any atom is -0.466 e. The number of amides is 1. The van der Waals surface area contributed by atoms with Gasteiger partial charge in [0, 0.05) is 0 Å². The van der Waals surface area contributed by atoms with Crippen LogP contribution in [0.1, 0.15) is 25.8 Å². The molecule has 3 N–H and O–H groups in total. The first kappa shape index (κ1) is 18.8. The highest BCUT2D eigenvalue weighted by Gasteiger charge is 2.19. The molecule has 1 rings (SSSR count). The normalized spacial score (nSPS) is 11.7. The van der Waals surface area contributed by atoms with E-state index < -0.39 is 6.04 Å². The Morgan fingerprint density at radius 3 is 2.60 bits per heavy atom. The third-order valence-corrected chi connectivity index (χ3v) is 3.16. The molecule has 20 heavy (non-hydrogen) atoms. The monoisotopic (exact) mass is 322 g/mol. The van der Waals surface area contributed by atoms with E-state index in [1.807, 2.05) is 13.8 Å². The van der Waals surface area contributed by atoms with Crippen LogP contribution in [0, 0.1) is 5.92 Å². The van der Waals surface area contributed by atoms with Gasteiger partial charge < -0.3 is 10.5 Å². The van der Waals surface area contributed by atoms with Gasteiger partial charge in [0.2, 0.25) is 11.0 Å². The van der Waals surface area contributed by atoms with E-state index in [-0.39, 0.29) is 36.6 Å². The molecule has 114 valence electrons. The number of halogens is 1. The first-order chi connectivity index (χ1) is 8.93. The second-order valence-electron chi connectivity index (χ2n) is 4.24. The van der Waals surface area contributed by atoms with Gasteiger partial charge >= 0.3 is 5.97 Å². The van der Waals surface area contributed by atoms with E-state index in [1.165, 1.54) is 0 Å². The second kappa shape index (κ2) is 8.83. The van der Waals surface area contributed by atoms with E-state index in [9.17, 15) is 9.59 Å². The second-order valence-corrected chi connectivity index (χ2v) is 5.30. The van der Waals surface area contributed by atoms with E-state index >= 15 is 0 Å². The minimum atomic E-state index is -0.600. The van der Waals surface area contributed by atoms with Gasteiger partial charge in [0.15, 0.2) is 0 Å². The molecule has 0 aliphatic rings. The van der Waals surface area contributed by atoms with Gasteiger partial charge in [-0.25, -0.2) is 0 Å². The van der Waals surface area contributed by atoms with Gasteiger partial charge in [0.25, 0.3) is 0 Å². The van der Waals surface area contributed by atoms with E-state index in [1.54, 1.807) is 6.92 Å². The van der Waals surface area contributed by atoms with E-state index in [0.29, 0.717) is 16.7 Å². The van der Waals surface area contributed by atoms with Gasteiger partial charge in [-0.3, -0.25) is 14.9 Å². The number of nitrogens with zero attached hydrogens (tertiary/aromatic N) is 2. The number of anilines is 1. The van der Waals surface area contributed by atoms with Crippen molar-refractivity contribution < 1.29 is 14.3 Å². The average Bonchev–Trinajstić information content (AvgIpc) is 2.75. The summed E-state index contributed by atoms with van der Waals surface area (Å²) in [4.78, 5) is 22.9. The van der Waals surface area contributed by atoms with E-state index in [4.69, 9.17) is 10.5 Å². The highest BCUT2D eigenvalue weighted by molar-refractivity contribution is 7.15. The van der Waals surface area contributed by atoms with Gasteiger partial charge in [-0.1, -0.05) is 25.2 Å². The third kappa shape index (κ3) is 5.81. The molecule has 0 radical (unpaired) electrons. The molecule has 1 aromatic heterocycles. The summed E-state index contributed by atoms with van der Waals surface area (Å²) in [7, 11) is 0. The van der Waals surface area contributed by atoms with Gasteiger partial charge in [0.1, 0.15) is 5.01 Å². The Morgan fingerprint density at radius 2 is 2.05 bits per heavy atom. The molecule has 0 saturated carbocycles. The summed E-state index contributed by atoms with van der Waals surface area (Å²) in [6.07, 6.45) is 0.0532. The Balaban J connectivity index is 0.00000361. The molecule has 0 aromatic carbocycles. The van der Waals surface area contributed by atoms with Crippen molar-refractivity contribution in [1.29, 1.82) is 0 Å². The number of aromatic nitrogens is 2. The van der Waals surface area contributed by atoms with Gasteiger partial charge in [-0.15, -0.1) is 22.6 Å². The molecule has 0 aliphatic carbocycles. The van der Waals surface area contributed by atoms with Crippen LogP contribution in [0.4, 0.5) is 5.13 Å². The quantitative estimate of drug-likeness (QED) is 0.756. The number of carbonyl (C=O) groups excluding carboxylic acids is 2. The molecule has 9 heteroatoms. The maximum absolute atomic E-state index is 11.7. The molecule has 1 heterocycles. The van der Waals surface area contributed by atoms with Crippen LogP contribution in [0.2, 0.25) is 0 Å². The average molecular weight is 323 g/mol. The van der Waals surface area contributed by atoms with Crippen LogP contribution >= 0.6 is 23.7 Å². The highest BCUT2D eigenvalue weighted by Crippen LogP contribution is 2.16. The third-order valence-electron chi connectivity index (χ3n) is 2.32. The summed E-state index contributed by atoms with van der Waals surface area (Å²) in [6.45, 7) is 5.77. The number of nitrogens with two attached hydrogens (primary N) is 1. The summed E-state index contributed by atoms with van der Waals surface area (Å²) < 4.78 is 4.80.